The number of halogens is 1. The van der Waals surface area contributed by atoms with E-state index in [1.54, 1.807) is 20.4 Å². The quantitative estimate of drug-likeness (QED) is 0.324. The van der Waals surface area contributed by atoms with Gasteiger partial charge in [0.2, 0.25) is 5.91 Å². The third-order valence-corrected chi connectivity index (χ3v) is 5.38. The van der Waals surface area contributed by atoms with Crippen LogP contribution in [0.15, 0.2) is 53.7 Å². The van der Waals surface area contributed by atoms with Crippen molar-refractivity contribution >= 4 is 41.7 Å². The Labute approximate surface area is 207 Å². The molecule has 0 bridgehead atoms. The number of ether oxygens (including phenoxy) is 1. The van der Waals surface area contributed by atoms with Gasteiger partial charge in [-0.2, -0.15) is 0 Å². The number of hydrogen-bond acceptors (Lipinski definition) is 5. The average Bonchev–Trinajstić information content (AvgIpc) is 2.82. The highest BCUT2D eigenvalue weighted by molar-refractivity contribution is 14.0. The number of amides is 1. The van der Waals surface area contributed by atoms with Gasteiger partial charge in [-0.05, 0) is 29.8 Å². The molecule has 0 spiro atoms. The molecular weight excluding hydrogens is 519 g/mol. The topological polar surface area (TPSA) is 73.3 Å². The highest BCUT2D eigenvalue weighted by Crippen LogP contribution is 2.14. The number of piperazine rings is 1. The number of rotatable bonds is 7. The Morgan fingerprint density at radius 2 is 1.88 bits per heavy atom. The van der Waals surface area contributed by atoms with Crippen LogP contribution in [0, 0.1) is 0 Å². The summed E-state index contributed by atoms with van der Waals surface area (Å²) >= 11 is 0. The van der Waals surface area contributed by atoms with Gasteiger partial charge in [-0.1, -0.05) is 18.2 Å². The van der Waals surface area contributed by atoms with Gasteiger partial charge >= 0.3 is 0 Å². The van der Waals surface area contributed by atoms with Crippen molar-refractivity contribution in [3.8, 4) is 5.75 Å². The summed E-state index contributed by atoms with van der Waals surface area (Å²) in [5, 5.41) is 3.30. The maximum atomic E-state index is 12.6. The molecule has 32 heavy (non-hydrogen) atoms. The van der Waals surface area contributed by atoms with Crippen LogP contribution in [0.25, 0.3) is 0 Å². The number of aliphatic imine (C=N–C) groups is 1. The van der Waals surface area contributed by atoms with E-state index in [9.17, 15) is 4.79 Å². The second-order valence-corrected chi connectivity index (χ2v) is 7.48. The number of methoxy groups -OCH3 is 1. The zero-order chi connectivity index (χ0) is 22.1. The summed E-state index contributed by atoms with van der Waals surface area (Å²) in [6.07, 6.45) is 2.25. The molecule has 1 saturated heterocycles. The number of carbonyl (C=O) groups excluding carboxylic acids is 1. The Morgan fingerprint density at radius 3 is 2.47 bits per heavy atom. The van der Waals surface area contributed by atoms with Crippen LogP contribution >= 0.6 is 24.0 Å². The molecule has 1 aliphatic rings. The van der Waals surface area contributed by atoms with E-state index in [0.717, 1.165) is 49.3 Å². The first-order valence-electron chi connectivity index (χ1n) is 10.6. The molecule has 1 aliphatic heterocycles. The lowest BCUT2D eigenvalue weighted by molar-refractivity contribution is -0.131. The molecule has 2 heterocycles. The first kappa shape index (κ1) is 25.7. The van der Waals surface area contributed by atoms with Crippen LogP contribution in [0.2, 0.25) is 0 Å². The molecule has 0 unspecified atom stereocenters. The van der Waals surface area contributed by atoms with Crippen molar-refractivity contribution < 1.29 is 9.53 Å². The van der Waals surface area contributed by atoms with Crippen LogP contribution in [-0.2, 0) is 11.3 Å². The summed E-state index contributed by atoms with van der Waals surface area (Å²) in [5.74, 6) is 2.75. The van der Waals surface area contributed by atoms with Gasteiger partial charge in [0.25, 0.3) is 0 Å². The molecular formula is C23H33IN6O2. The molecule has 1 aromatic carbocycles. The first-order chi connectivity index (χ1) is 15.1. The van der Waals surface area contributed by atoms with Crippen molar-refractivity contribution in [3.05, 3.63) is 54.2 Å². The van der Waals surface area contributed by atoms with Crippen molar-refractivity contribution in [2.24, 2.45) is 4.99 Å². The Kier molecular flexibility index (Phi) is 10.5. The maximum absolute atomic E-state index is 12.6. The smallest absolute Gasteiger partial charge is 0.224 e. The molecule has 9 heteroatoms. The average molecular weight is 552 g/mol. The highest BCUT2D eigenvalue weighted by Gasteiger charge is 2.21. The zero-order valence-corrected chi connectivity index (χ0v) is 21.4. The van der Waals surface area contributed by atoms with Crippen LogP contribution in [0.4, 0.5) is 5.82 Å². The molecule has 0 atom stereocenters. The van der Waals surface area contributed by atoms with Crippen LogP contribution in [-0.4, -0.2) is 80.6 Å². The monoisotopic (exact) mass is 552 g/mol. The predicted molar refractivity (Wildman–Crippen MR) is 139 cm³/mol. The lowest BCUT2D eigenvalue weighted by Crippen LogP contribution is -2.49. The summed E-state index contributed by atoms with van der Waals surface area (Å²) in [5.41, 5.74) is 1.16. The lowest BCUT2D eigenvalue weighted by Gasteiger charge is -2.35. The van der Waals surface area contributed by atoms with Crippen LogP contribution in [0.1, 0.15) is 12.0 Å². The molecule has 1 aromatic heterocycles. The third-order valence-electron chi connectivity index (χ3n) is 5.38. The number of benzene rings is 1. The maximum Gasteiger partial charge on any atom is 0.224 e. The van der Waals surface area contributed by atoms with Crippen LogP contribution in [0.5, 0.6) is 5.75 Å². The fourth-order valence-electron chi connectivity index (χ4n) is 3.63. The fourth-order valence-corrected chi connectivity index (χ4v) is 3.63. The summed E-state index contributed by atoms with van der Waals surface area (Å²) in [7, 11) is 5.40. The predicted octanol–water partition coefficient (Wildman–Crippen LogP) is 2.45. The van der Waals surface area contributed by atoms with E-state index >= 15 is 0 Å². The van der Waals surface area contributed by atoms with Gasteiger partial charge in [-0.3, -0.25) is 9.79 Å². The van der Waals surface area contributed by atoms with E-state index in [0.29, 0.717) is 19.5 Å². The normalized spacial score (nSPS) is 13.9. The van der Waals surface area contributed by atoms with Crippen molar-refractivity contribution in [3.63, 3.8) is 0 Å². The largest absolute Gasteiger partial charge is 0.497 e. The fraction of sp³-hybridized carbons (Fsp3) is 0.435. The van der Waals surface area contributed by atoms with E-state index in [-0.39, 0.29) is 29.9 Å². The van der Waals surface area contributed by atoms with Gasteiger partial charge in [0.05, 0.1) is 7.11 Å². The summed E-state index contributed by atoms with van der Waals surface area (Å²) in [4.78, 5) is 27.5. The molecule has 8 nitrogen and oxygen atoms in total. The van der Waals surface area contributed by atoms with E-state index < -0.39 is 0 Å². The number of hydrogen-bond donors (Lipinski definition) is 1. The molecule has 1 N–H and O–H groups in total. The minimum Gasteiger partial charge on any atom is -0.497 e. The molecule has 1 amide bonds. The van der Waals surface area contributed by atoms with E-state index in [1.807, 2.05) is 59.3 Å². The number of nitrogens with one attached hydrogen (secondary N) is 1. The standard InChI is InChI=1S/C23H32N6O2.HI/c1-24-23(27(2)18-19-7-9-20(31-3)10-8-19)26-13-11-22(30)29-16-14-28(15-17-29)21-6-4-5-12-25-21;/h4-10,12H,11,13-18H2,1-3H3,(H,24,26);1H. The van der Waals surface area contributed by atoms with Gasteiger partial charge in [-0.15, -0.1) is 24.0 Å². The number of pyridine rings is 1. The third kappa shape index (κ3) is 7.25. The molecule has 2 aromatic rings. The number of guanidine groups is 1. The van der Waals surface area contributed by atoms with Crippen molar-refractivity contribution in [1.82, 2.24) is 20.1 Å². The van der Waals surface area contributed by atoms with Crippen molar-refractivity contribution in [1.29, 1.82) is 0 Å². The molecule has 174 valence electrons. The molecule has 3 rings (SSSR count). The number of carbonyl (C=O) groups is 1. The zero-order valence-electron chi connectivity index (χ0n) is 19.0. The molecule has 1 fully saturated rings. The van der Waals surface area contributed by atoms with Gasteiger partial charge < -0.3 is 24.8 Å². The Hall–Kier alpha value is -2.56. The molecule has 0 saturated carbocycles. The number of nitrogens with zero attached hydrogens (tertiary/aromatic N) is 5. The summed E-state index contributed by atoms with van der Waals surface area (Å²) in [6, 6.07) is 13.9. The molecule has 0 aliphatic carbocycles. The number of anilines is 1. The minimum absolute atomic E-state index is 0. The van der Waals surface area contributed by atoms with Gasteiger partial charge in [-0.25, -0.2) is 4.98 Å². The second kappa shape index (κ2) is 13.1. The summed E-state index contributed by atoms with van der Waals surface area (Å²) < 4.78 is 5.21. The van der Waals surface area contributed by atoms with Crippen LogP contribution in [0.3, 0.4) is 0 Å². The Bertz CT molecular complexity index is 855. The van der Waals surface area contributed by atoms with Gasteiger partial charge in [0, 0.05) is 66.0 Å². The second-order valence-electron chi connectivity index (χ2n) is 7.48. The van der Waals surface area contributed by atoms with Gasteiger partial charge in [0.15, 0.2) is 5.96 Å². The van der Waals surface area contributed by atoms with Gasteiger partial charge in [0.1, 0.15) is 11.6 Å². The lowest BCUT2D eigenvalue weighted by atomic mass is 10.2. The summed E-state index contributed by atoms with van der Waals surface area (Å²) in [6.45, 7) is 4.33. The van der Waals surface area contributed by atoms with Crippen molar-refractivity contribution in [2.75, 3.05) is 58.8 Å². The van der Waals surface area contributed by atoms with E-state index in [4.69, 9.17) is 4.74 Å². The van der Waals surface area contributed by atoms with E-state index in [1.165, 1.54) is 0 Å². The SMILES string of the molecule is CN=C(NCCC(=O)N1CCN(c2ccccn2)CC1)N(C)Cc1ccc(OC)cc1.I. The molecule has 0 radical (unpaired) electrons. The first-order valence-corrected chi connectivity index (χ1v) is 10.6. The van der Waals surface area contributed by atoms with Crippen LogP contribution < -0.4 is 15.0 Å². The minimum atomic E-state index is 0. The number of aromatic nitrogens is 1. The van der Waals surface area contributed by atoms with E-state index in [2.05, 4.69) is 20.2 Å². The van der Waals surface area contributed by atoms with Crippen molar-refractivity contribution in [2.45, 2.75) is 13.0 Å². The Balaban J connectivity index is 0.00000363. The Morgan fingerprint density at radius 1 is 1.16 bits per heavy atom. The highest BCUT2D eigenvalue weighted by atomic mass is 127.